The number of piperazine rings is 1. The average Bonchev–Trinajstić information content (AvgIpc) is 2.92. The number of urea groups is 1. The lowest BCUT2D eigenvalue weighted by molar-refractivity contribution is 0.208. The van der Waals surface area contributed by atoms with Crippen LogP contribution in [0.5, 0.6) is 5.75 Å². The minimum absolute atomic E-state index is 0.0855. The molecule has 7 nitrogen and oxygen atoms in total. The van der Waals surface area contributed by atoms with Gasteiger partial charge in [0, 0.05) is 39.3 Å². The van der Waals surface area contributed by atoms with Crippen LogP contribution >= 0.6 is 0 Å². The Morgan fingerprint density at radius 2 is 1.92 bits per heavy atom. The third-order valence-corrected chi connectivity index (χ3v) is 4.23. The predicted molar refractivity (Wildman–Crippen MR) is 93.7 cm³/mol. The van der Waals surface area contributed by atoms with E-state index in [1.165, 1.54) is 0 Å². The SMILES string of the molecule is COc1ccccc1N1CCN(C(=O)Nc2cc(C)nn2C)CC1. The second-order valence-corrected chi connectivity index (χ2v) is 5.87. The van der Waals surface area contributed by atoms with E-state index in [0.717, 1.165) is 30.2 Å². The van der Waals surface area contributed by atoms with Gasteiger partial charge >= 0.3 is 6.03 Å². The van der Waals surface area contributed by atoms with Gasteiger partial charge < -0.3 is 14.5 Å². The monoisotopic (exact) mass is 329 g/mol. The van der Waals surface area contributed by atoms with Crippen LogP contribution in [0.2, 0.25) is 0 Å². The van der Waals surface area contributed by atoms with Gasteiger partial charge in [0.25, 0.3) is 0 Å². The van der Waals surface area contributed by atoms with E-state index in [4.69, 9.17) is 4.74 Å². The van der Waals surface area contributed by atoms with Crippen molar-refractivity contribution in [3.05, 3.63) is 36.0 Å². The van der Waals surface area contributed by atoms with Crippen LogP contribution in [-0.4, -0.2) is 54.0 Å². The van der Waals surface area contributed by atoms with E-state index in [9.17, 15) is 4.79 Å². The fourth-order valence-corrected chi connectivity index (χ4v) is 2.96. The van der Waals surface area contributed by atoms with Crippen molar-refractivity contribution < 1.29 is 9.53 Å². The summed E-state index contributed by atoms with van der Waals surface area (Å²) in [6.07, 6.45) is 0. The van der Waals surface area contributed by atoms with Crippen LogP contribution in [0.4, 0.5) is 16.3 Å². The number of ether oxygens (including phenoxy) is 1. The molecule has 3 rings (SSSR count). The van der Waals surface area contributed by atoms with Gasteiger partial charge in [-0.05, 0) is 19.1 Å². The first kappa shape index (κ1) is 16.2. The summed E-state index contributed by atoms with van der Waals surface area (Å²) < 4.78 is 7.10. The molecule has 1 aliphatic heterocycles. The van der Waals surface area contributed by atoms with Crippen LogP contribution in [0.25, 0.3) is 0 Å². The van der Waals surface area contributed by atoms with Gasteiger partial charge in [0.1, 0.15) is 11.6 Å². The predicted octanol–water partition coefficient (Wildman–Crippen LogP) is 2.09. The molecule has 24 heavy (non-hydrogen) atoms. The fraction of sp³-hybridized carbons (Fsp3) is 0.412. The summed E-state index contributed by atoms with van der Waals surface area (Å²) in [5.74, 6) is 1.57. The number of aromatic nitrogens is 2. The average molecular weight is 329 g/mol. The van der Waals surface area contributed by atoms with Crippen molar-refractivity contribution in [3.63, 3.8) is 0 Å². The maximum atomic E-state index is 12.4. The molecule has 128 valence electrons. The van der Waals surface area contributed by atoms with Crippen LogP contribution in [0, 0.1) is 6.92 Å². The number of carbonyl (C=O) groups excluding carboxylic acids is 1. The molecular weight excluding hydrogens is 306 g/mol. The van der Waals surface area contributed by atoms with Crippen molar-refractivity contribution in [2.75, 3.05) is 43.5 Å². The highest BCUT2D eigenvalue weighted by atomic mass is 16.5. The summed E-state index contributed by atoms with van der Waals surface area (Å²) in [7, 11) is 3.50. The molecule has 0 bridgehead atoms. The van der Waals surface area contributed by atoms with E-state index < -0.39 is 0 Å². The zero-order valence-electron chi connectivity index (χ0n) is 14.3. The smallest absolute Gasteiger partial charge is 0.323 e. The number of carbonyl (C=O) groups is 1. The summed E-state index contributed by atoms with van der Waals surface area (Å²) in [6.45, 7) is 4.79. The molecule has 0 aliphatic carbocycles. The van der Waals surface area contributed by atoms with Crippen molar-refractivity contribution >= 4 is 17.5 Å². The molecule has 1 fully saturated rings. The van der Waals surface area contributed by atoms with E-state index in [1.807, 2.05) is 49.2 Å². The second-order valence-electron chi connectivity index (χ2n) is 5.87. The fourth-order valence-electron chi connectivity index (χ4n) is 2.96. The number of hydrogen-bond acceptors (Lipinski definition) is 4. The molecule has 1 aromatic heterocycles. The molecule has 1 N–H and O–H groups in total. The number of hydrogen-bond donors (Lipinski definition) is 1. The maximum Gasteiger partial charge on any atom is 0.323 e. The third-order valence-electron chi connectivity index (χ3n) is 4.23. The molecule has 1 aromatic carbocycles. The Kier molecular flexibility index (Phi) is 4.59. The lowest BCUT2D eigenvalue weighted by Crippen LogP contribution is -2.50. The van der Waals surface area contributed by atoms with Crippen LogP contribution in [-0.2, 0) is 7.05 Å². The Labute approximate surface area is 141 Å². The molecule has 0 saturated carbocycles. The number of rotatable bonds is 3. The highest BCUT2D eigenvalue weighted by Crippen LogP contribution is 2.28. The van der Waals surface area contributed by atoms with E-state index in [1.54, 1.807) is 11.8 Å². The van der Waals surface area contributed by atoms with Gasteiger partial charge in [-0.1, -0.05) is 12.1 Å². The van der Waals surface area contributed by atoms with E-state index in [-0.39, 0.29) is 6.03 Å². The lowest BCUT2D eigenvalue weighted by Gasteiger charge is -2.36. The molecule has 0 atom stereocenters. The first-order valence-corrected chi connectivity index (χ1v) is 8.03. The topological polar surface area (TPSA) is 62.6 Å². The zero-order valence-corrected chi connectivity index (χ0v) is 14.3. The van der Waals surface area contributed by atoms with Gasteiger partial charge in [-0.3, -0.25) is 10.00 Å². The minimum Gasteiger partial charge on any atom is -0.495 e. The number of amides is 2. The van der Waals surface area contributed by atoms with Gasteiger partial charge in [0.05, 0.1) is 18.5 Å². The number of nitrogens with zero attached hydrogens (tertiary/aromatic N) is 4. The normalized spacial score (nSPS) is 14.6. The second kappa shape index (κ2) is 6.82. The summed E-state index contributed by atoms with van der Waals surface area (Å²) in [6, 6.07) is 9.75. The third kappa shape index (κ3) is 3.29. The van der Waals surface area contributed by atoms with Crippen molar-refractivity contribution in [2.24, 2.45) is 7.05 Å². The molecular formula is C17H23N5O2. The quantitative estimate of drug-likeness (QED) is 0.937. The molecule has 1 saturated heterocycles. The molecule has 1 aliphatic rings. The summed E-state index contributed by atoms with van der Waals surface area (Å²) in [5, 5.41) is 7.16. The van der Waals surface area contributed by atoms with E-state index >= 15 is 0 Å². The molecule has 2 aromatic rings. The van der Waals surface area contributed by atoms with Crippen molar-refractivity contribution in [2.45, 2.75) is 6.92 Å². The summed E-state index contributed by atoms with van der Waals surface area (Å²) in [4.78, 5) is 16.5. The molecule has 0 radical (unpaired) electrons. The highest BCUT2D eigenvalue weighted by molar-refractivity contribution is 5.88. The van der Waals surface area contributed by atoms with Crippen LogP contribution in [0.15, 0.2) is 30.3 Å². The lowest BCUT2D eigenvalue weighted by atomic mass is 10.2. The van der Waals surface area contributed by atoms with Gasteiger partial charge in [-0.25, -0.2) is 4.79 Å². The molecule has 0 spiro atoms. The Morgan fingerprint density at radius 1 is 1.21 bits per heavy atom. The van der Waals surface area contributed by atoms with Gasteiger partial charge in [-0.2, -0.15) is 5.10 Å². The molecule has 7 heteroatoms. The number of anilines is 2. The minimum atomic E-state index is -0.0855. The number of aryl methyl sites for hydroxylation is 2. The van der Waals surface area contributed by atoms with E-state index in [2.05, 4.69) is 15.3 Å². The molecule has 0 unspecified atom stereocenters. The zero-order chi connectivity index (χ0) is 17.1. The summed E-state index contributed by atoms with van der Waals surface area (Å²) in [5.41, 5.74) is 1.95. The molecule has 2 amide bonds. The number of benzene rings is 1. The highest BCUT2D eigenvalue weighted by Gasteiger charge is 2.23. The molecule has 2 heterocycles. The largest absolute Gasteiger partial charge is 0.495 e. The van der Waals surface area contributed by atoms with Crippen molar-refractivity contribution in [3.8, 4) is 5.75 Å². The van der Waals surface area contributed by atoms with Crippen molar-refractivity contribution in [1.29, 1.82) is 0 Å². The number of para-hydroxylation sites is 2. The van der Waals surface area contributed by atoms with Crippen LogP contribution in [0.1, 0.15) is 5.69 Å². The number of nitrogens with one attached hydrogen (secondary N) is 1. The first-order chi connectivity index (χ1) is 11.6. The van der Waals surface area contributed by atoms with Gasteiger partial charge in [-0.15, -0.1) is 0 Å². The van der Waals surface area contributed by atoms with Crippen LogP contribution in [0.3, 0.4) is 0 Å². The van der Waals surface area contributed by atoms with Crippen molar-refractivity contribution in [1.82, 2.24) is 14.7 Å². The van der Waals surface area contributed by atoms with Gasteiger partial charge in [0.2, 0.25) is 0 Å². The summed E-state index contributed by atoms with van der Waals surface area (Å²) >= 11 is 0. The Morgan fingerprint density at radius 3 is 2.54 bits per heavy atom. The Balaban J connectivity index is 1.60. The first-order valence-electron chi connectivity index (χ1n) is 8.03. The Bertz CT molecular complexity index is 720. The standard InChI is InChI=1S/C17H23N5O2/c1-13-12-16(20(2)19-13)18-17(23)22-10-8-21(9-11-22)14-6-4-5-7-15(14)24-3/h4-7,12H,8-11H2,1-3H3,(H,18,23). The van der Waals surface area contributed by atoms with E-state index in [0.29, 0.717) is 18.9 Å². The van der Waals surface area contributed by atoms with Gasteiger partial charge in [0.15, 0.2) is 0 Å². The number of methoxy groups -OCH3 is 1. The Hall–Kier alpha value is -2.70. The maximum absolute atomic E-state index is 12.4. The van der Waals surface area contributed by atoms with Crippen LogP contribution < -0.4 is 15.0 Å².